The van der Waals surface area contributed by atoms with Crippen LogP contribution < -0.4 is 0 Å². The number of aromatic nitrogens is 3. The van der Waals surface area contributed by atoms with Crippen LogP contribution in [0.4, 0.5) is 0 Å². The van der Waals surface area contributed by atoms with Gasteiger partial charge in [0.15, 0.2) is 5.65 Å². The second kappa shape index (κ2) is 7.81. The monoisotopic (exact) mass is 426 g/mol. The van der Waals surface area contributed by atoms with Crippen LogP contribution in [0.25, 0.3) is 5.65 Å². The maximum Gasteiger partial charge on any atom is 0.282 e. The molecule has 4 rings (SSSR count). The first-order valence-corrected chi connectivity index (χ1v) is 11.3. The summed E-state index contributed by atoms with van der Waals surface area (Å²) in [6.07, 6.45) is 1.73. The summed E-state index contributed by atoms with van der Waals surface area (Å²) < 4.78 is 39.1. The van der Waals surface area contributed by atoms with Crippen molar-refractivity contribution in [3.63, 3.8) is 0 Å². The second-order valence-electron chi connectivity index (χ2n) is 7.45. The highest BCUT2D eigenvalue weighted by molar-refractivity contribution is 7.86. The van der Waals surface area contributed by atoms with Crippen LogP contribution in [0.2, 0.25) is 0 Å². The van der Waals surface area contributed by atoms with E-state index in [4.69, 9.17) is 17.0 Å². The molecule has 0 aliphatic carbocycles. The van der Waals surface area contributed by atoms with Gasteiger partial charge in [0.05, 0.1) is 18.9 Å². The number of piperazine rings is 1. The van der Waals surface area contributed by atoms with Gasteiger partial charge in [-0.25, -0.2) is 4.68 Å². The van der Waals surface area contributed by atoms with Gasteiger partial charge < -0.3 is 4.74 Å². The molecule has 0 spiro atoms. The van der Waals surface area contributed by atoms with Crippen LogP contribution in [0, 0.1) is 4.77 Å². The molecule has 0 N–H and O–H groups in total. The Kier molecular flexibility index (Phi) is 5.55. The lowest BCUT2D eigenvalue weighted by molar-refractivity contribution is -0.0458. The quantitative estimate of drug-likeness (QED) is 0.673. The molecule has 9 nitrogen and oxygen atoms in total. The topological polar surface area (TPSA) is 75.3 Å². The number of hydrogen-bond acceptors (Lipinski definition) is 6. The maximum absolute atomic E-state index is 13.0. The normalized spacial score (nSPS) is 26.1. The smallest absolute Gasteiger partial charge is 0.282 e. The molecule has 0 saturated carbocycles. The SMILES string of the molecule is CC1CN(S(=O)(=O)N2CCN(Cn3nc4ccccn4c3=S)CC2)CC(C)O1. The number of hydrogen-bond donors (Lipinski definition) is 0. The van der Waals surface area contributed by atoms with E-state index < -0.39 is 10.2 Å². The highest BCUT2D eigenvalue weighted by atomic mass is 32.2. The van der Waals surface area contributed by atoms with Gasteiger partial charge in [-0.3, -0.25) is 9.30 Å². The fraction of sp³-hybridized carbons (Fsp3) is 0.647. The highest BCUT2D eigenvalue weighted by Gasteiger charge is 2.36. The van der Waals surface area contributed by atoms with Crippen LogP contribution in [0.5, 0.6) is 0 Å². The van der Waals surface area contributed by atoms with E-state index in [9.17, 15) is 8.42 Å². The Morgan fingerprint density at radius 2 is 1.79 bits per heavy atom. The number of ether oxygens (including phenoxy) is 1. The Bertz CT molecular complexity index is 986. The van der Waals surface area contributed by atoms with E-state index in [1.165, 1.54) is 0 Å². The van der Waals surface area contributed by atoms with Gasteiger partial charge in [-0.15, -0.1) is 0 Å². The molecule has 2 aliphatic heterocycles. The van der Waals surface area contributed by atoms with Gasteiger partial charge in [-0.1, -0.05) is 6.07 Å². The summed E-state index contributed by atoms with van der Waals surface area (Å²) in [5, 5.41) is 4.54. The molecule has 0 amide bonds. The number of rotatable bonds is 4. The molecule has 2 atom stereocenters. The summed E-state index contributed by atoms with van der Waals surface area (Å²) in [7, 11) is -3.46. The van der Waals surface area contributed by atoms with Gasteiger partial charge in [-0.2, -0.15) is 22.1 Å². The molecule has 0 radical (unpaired) electrons. The van der Waals surface area contributed by atoms with Gasteiger partial charge in [-0.05, 0) is 38.2 Å². The van der Waals surface area contributed by atoms with Crippen LogP contribution in [-0.2, 0) is 21.6 Å². The fourth-order valence-corrected chi connectivity index (χ4v) is 5.83. The number of nitrogens with zero attached hydrogens (tertiary/aromatic N) is 6. The molecule has 2 aliphatic rings. The summed E-state index contributed by atoms with van der Waals surface area (Å²) in [5.74, 6) is 0. The van der Waals surface area contributed by atoms with Crippen LogP contribution in [0.3, 0.4) is 0 Å². The number of pyridine rings is 1. The van der Waals surface area contributed by atoms with Gasteiger partial charge in [0.25, 0.3) is 10.2 Å². The van der Waals surface area contributed by atoms with Crippen LogP contribution in [0.1, 0.15) is 13.8 Å². The van der Waals surface area contributed by atoms with Crippen molar-refractivity contribution in [3.05, 3.63) is 29.2 Å². The average molecular weight is 427 g/mol. The summed E-state index contributed by atoms with van der Waals surface area (Å²) in [4.78, 5) is 2.18. The molecule has 0 bridgehead atoms. The molecule has 154 valence electrons. The van der Waals surface area contributed by atoms with Crippen LogP contribution in [0.15, 0.2) is 24.4 Å². The average Bonchev–Trinajstić information content (AvgIpc) is 2.97. The van der Waals surface area contributed by atoms with Crippen LogP contribution >= 0.6 is 12.2 Å². The third-order valence-electron chi connectivity index (χ3n) is 5.19. The van der Waals surface area contributed by atoms with Crippen molar-refractivity contribution in [1.82, 2.24) is 27.7 Å². The van der Waals surface area contributed by atoms with Crippen molar-refractivity contribution in [2.24, 2.45) is 0 Å². The van der Waals surface area contributed by atoms with E-state index in [-0.39, 0.29) is 12.2 Å². The molecule has 2 aromatic heterocycles. The van der Waals surface area contributed by atoms with Gasteiger partial charge in [0.1, 0.15) is 0 Å². The minimum absolute atomic E-state index is 0.0864. The molecular weight excluding hydrogens is 400 g/mol. The van der Waals surface area contributed by atoms with Crippen LogP contribution in [-0.4, -0.2) is 87.6 Å². The van der Waals surface area contributed by atoms with E-state index in [1.54, 1.807) is 13.3 Å². The first kappa shape index (κ1) is 19.9. The van der Waals surface area contributed by atoms with Gasteiger partial charge in [0, 0.05) is 45.5 Å². The van der Waals surface area contributed by atoms with Gasteiger partial charge in [0.2, 0.25) is 4.77 Å². The summed E-state index contributed by atoms with van der Waals surface area (Å²) in [5.41, 5.74) is 0.810. The molecule has 2 aromatic rings. The summed E-state index contributed by atoms with van der Waals surface area (Å²) in [6.45, 7) is 7.40. The van der Waals surface area contributed by atoms with Crippen molar-refractivity contribution in [1.29, 1.82) is 0 Å². The second-order valence-corrected chi connectivity index (χ2v) is 9.75. The first-order valence-electron chi connectivity index (χ1n) is 9.52. The van der Waals surface area contributed by atoms with Crippen molar-refractivity contribution in [2.45, 2.75) is 32.7 Å². The van der Waals surface area contributed by atoms with Gasteiger partial charge >= 0.3 is 0 Å². The lowest BCUT2D eigenvalue weighted by atomic mass is 10.3. The molecule has 2 saturated heterocycles. The standard InChI is InChI=1S/C17H26N6O3S2/c1-14-11-21(12-15(2)26-14)28(24,25)20-9-7-19(8-10-20)13-23-17(27)22-6-4-3-5-16(22)18-23/h3-6,14-15H,7-13H2,1-2H3. The third kappa shape index (κ3) is 3.87. The van der Waals surface area contributed by atoms with E-state index in [0.29, 0.717) is 50.7 Å². The van der Waals surface area contributed by atoms with E-state index in [0.717, 1.165) is 5.65 Å². The zero-order chi connectivity index (χ0) is 19.9. The molecule has 2 unspecified atom stereocenters. The minimum Gasteiger partial charge on any atom is -0.373 e. The number of morpholine rings is 1. The van der Waals surface area contributed by atoms with E-state index in [2.05, 4.69) is 10.00 Å². The fourth-order valence-electron chi connectivity index (χ4n) is 3.83. The molecule has 28 heavy (non-hydrogen) atoms. The van der Waals surface area contributed by atoms with Crippen molar-refractivity contribution in [2.75, 3.05) is 39.3 Å². The predicted molar refractivity (Wildman–Crippen MR) is 108 cm³/mol. The third-order valence-corrected chi connectivity index (χ3v) is 7.57. The Balaban J connectivity index is 1.40. The lowest BCUT2D eigenvalue weighted by Gasteiger charge is -2.40. The Morgan fingerprint density at radius 3 is 2.43 bits per heavy atom. The number of fused-ring (bicyclic) bond motifs is 1. The predicted octanol–water partition coefficient (Wildman–Crippen LogP) is 0.794. The lowest BCUT2D eigenvalue weighted by Crippen LogP contribution is -2.57. The highest BCUT2D eigenvalue weighted by Crippen LogP contribution is 2.19. The zero-order valence-corrected chi connectivity index (χ0v) is 17.8. The molecule has 4 heterocycles. The van der Waals surface area contributed by atoms with Crippen molar-refractivity contribution in [3.8, 4) is 0 Å². The van der Waals surface area contributed by atoms with Crippen molar-refractivity contribution < 1.29 is 13.2 Å². The Labute approximate surface area is 170 Å². The molecular formula is C17H26N6O3S2. The zero-order valence-electron chi connectivity index (χ0n) is 16.1. The molecule has 0 aromatic carbocycles. The van der Waals surface area contributed by atoms with E-state index in [1.807, 2.05) is 42.6 Å². The minimum atomic E-state index is -3.46. The van der Waals surface area contributed by atoms with E-state index >= 15 is 0 Å². The summed E-state index contributed by atoms with van der Waals surface area (Å²) >= 11 is 5.50. The Morgan fingerprint density at radius 1 is 1.11 bits per heavy atom. The summed E-state index contributed by atoms with van der Waals surface area (Å²) in [6, 6.07) is 5.77. The Hall–Kier alpha value is -1.37. The van der Waals surface area contributed by atoms with Crippen molar-refractivity contribution >= 4 is 28.1 Å². The largest absolute Gasteiger partial charge is 0.373 e. The maximum atomic E-state index is 13.0. The first-order chi connectivity index (χ1) is 13.3. The molecule has 2 fully saturated rings. The molecule has 11 heteroatoms.